The molecule has 1 saturated carbocycles. The minimum absolute atomic E-state index is 0.0361. The van der Waals surface area contributed by atoms with Crippen molar-refractivity contribution in [3.63, 3.8) is 0 Å². The zero-order valence-corrected chi connectivity index (χ0v) is 18.6. The summed E-state index contributed by atoms with van der Waals surface area (Å²) in [6, 6.07) is 9.02. The molecule has 1 heterocycles. The molecular formula is C22H31N3O4S. The first kappa shape index (κ1) is 22.4. The molecule has 1 aliphatic carbocycles. The van der Waals surface area contributed by atoms with Crippen molar-refractivity contribution in [2.45, 2.75) is 63.6 Å². The lowest BCUT2D eigenvalue weighted by Crippen LogP contribution is -2.28. The van der Waals surface area contributed by atoms with Crippen molar-refractivity contribution in [1.82, 2.24) is 9.88 Å². The van der Waals surface area contributed by atoms with Crippen LogP contribution in [0.2, 0.25) is 0 Å². The fraction of sp³-hybridized carbons (Fsp3) is 0.500. The minimum atomic E-state index is -3.94. The average molecular weight is 434 g/mol. The number of rotatable bonds is 9. The Morgan fingerprint density at radius 1 is 1.27 bits per heavy atom. The van der Waals surface area contributed by atoms with Crippen molar-refractivity contribution in [2.75, 3.05) is 4.72 Å². The zero-order valence-electron chi connectivity index (χ0n) is 17.8. The molecule has 0 aliphatic heterocycles. The van der Waals surface area contributed by atoms with Gasteiger partial charge in [-0.05, 0) is 49.4 Å². The Bertz CT molecular complexity index is 1010. The molecule has 2 aromatic rings. The van der Waals surface area contributed by atoms with Crippen LogP contribution < -0.4 is 10.0 Å². The van der Waals surface area contributed by atoms with Gasteiger partial charge < -0.3 is 15.0 Å². The van der Waals surface area contributed by atoms with Crippen molar-refractivity contribution in [3.05, 3.63) is 47.2 Å². The average Bonchev–Trinajstić information content (AvgIpc) is 3.28. The second kappa shape index (κ2) is 9.22. The molecule has 0 bridgehead atoms. The van der Waals surface area contributed by atoms with Crippen LogP contribution >= 0.6 is 0 Å². The molecule has 1 fully saturated rings. The molecule has 3 rings (SSSR count). The van der Waals surface area contributed by atoms with Crippen LogP contribution in [0.15, 0.2) is 35.4 Å². The van der Waals surface area contributed by atoms with E-state index in [2.05, 4.69) is 17.0 Å². The van der Waals surface area contributed by atoms with E-state index in [0.717, 1.165) is 17.9 Å². The van der Waals surface area contributed by atoms with Gasteiger partial charge in [-0.15, -0.1) is 0 Å². The standard InChI is InChI=1S/C22H31N3O4S/c1-15-12-20(25(3)21(15)22(26)27)30(28,29)24-19-11-7-6-10-18(19)14-23-16(2)13-17-8-4-5-9-17/h6-7,10-12,16-17,23-24H,4-5,8-9,13-14H2,1-3H3,(H,26,27)/t16-/m0/s1. The maximum atomic E-state index is 13.0. The minimum Gasteiger partial charge on any atom is -0.477 e. The molecule has 0 unspecified atom stereocenters. The van der Waals surface area contributed by atoms with E-state index in [4.69, 9.17) is 0 Å². The molecule has 7 nitrogen and oxygen atoms in total. The van der Waals surface area contributed by atoms with Crippen molar-refractivity contribution in [1.29, 1.82) is 0 Å². The molecule has 164 valence electrons. The number of carboxylic acid groups (broad SMARTS) is 1. The van der Waals surface area contributed by atoms with E-state index < -0.39 is 16.0 Å². The van der Waals surface area contributed by atoms with Crippen LogP contribution in [0.5, 0.6) is 0 Å². The molecule has 1 atom stereocenters. The lowest BCUT2D eigenvalue weighted by atomic mass is 9.99. The molecule has 1 aromatic carbocycles. The maximum absolute atomic E-state index is 13.0. The van der Waals surface area contributed by atoms with Gasteiger partial charge in [-0.1, -0.05) is 43.9 Å². The number of nitrogens with one attached hydrogen (secondary N) is 2. The molecule has 1 aliphatic rings. The van der Waals surface area contributed by atoms with Gasteiger partial charge in [0.15, 0.2) is 5.03 Å². The van der Waals surface area contributed by atoms with Crippen molar-refractivity contribution >= 4 is 21.7 Å². The maximum Gasteiger partial charge on any atom is 0.352 e. The largest absolute Gasteiger partial charge is 0.477 e. The number of anilines is 1. The van der Waals surface area contributed by atoms with Gasteiger partial charge in [0.2, 0.25) is 0 Å². The van der Waals surface area contributed by atoms with E-state index in [1.54, 1.807) is 19.1 Å². The van der Waals surface area contributed by atoms with Crippen LogP contribution in [0.4, 0.5) is 5.69 Å². The molecule has 8 heteroatoms. The molecule has 0 saturated heterocycles. The normalized spacial score (nSPS) is 16.0. The summed E-state index contributed by atoms with van der Waals surface area (Å²) in [6.07, 6.45) is 6.39. The first-order chi connectivity index (χ1) is 14.2. The molecule has 1 aromatic heterocycles. The summed E-state index contributed by atoms with van der Waals surface area (Å²) >= 11 is 0. The molecular weight excluding hydrogens is 402 g/mol. The summed E-state index contributed by atoms with van der Waals surface area (Å²) in [5.41, 5.74) is 1.71. The molecule has 3 N–H and O–H groups in total. The predicted octanol–water partition coefficient (Wildman–Crippen LogP) is 3.89. The second-order valence-electron chi connectivity index (χ2n) is 8.31. The van der Waals surface area contributed by atoms with Crippen LogP contribution in [0.25, 0.3) is 0 Å². The third kappa shape index (κ3) is 5.05. The summed E-state index contributed by atoms with van der Waals surface area (Å²) in [6.45, 7) is 4.32. The fourth-order valence-corrected chi connectivity index (χ4v) is 5.76. The van der Waals surface area contributed by atoms with E-state index in [1.807, 2.05) is 12.1 Å². The fourth-order valence-electron chi connectivity index (χ4n) is 4.38. The van der Waals surface area contributed by atoms with Crippen LogP contribution in [-0.2, 0) is 23.6 Å². The summed E-state index contributed by atoms with van der Waals surface area (Å²) in [4.78, 5) is 11.4. The van der Waals surface area contributed by atoms with Crippen LogP contribution in [0.3, 0.4) is 0 Å². The van der Waals surface area contributed by atoms with Gasteiger partial charge >= 0.3 is 5.97 Å². The molecule has 0 radical (unpaired) electrons. The van der Waals surface area contributed by atoms with Crippen molar-refractivity contribution in [3.8, 4) is 0 Å². The first-order valence-electron chi connectivity index (χ1n) is 10.4. The third-order valence-electron chi connectivity index (χ3n) is 5.92. The van der Waals surface area contributed by atoms with Crippen LogP contribution in [0.1, 0.15) is 60.6 Å². The topological polar surface area (TPSA) is 100 Å². The second-order valence-corrected chi connectivity index (χ2v) is 9.94. The number of aromatic nitrogens is 1. The Morgan fingerprint density at radius 2 is 1.93 bits per heavy atom. The molecule has 30 heavy (non-hydrogen) atoms. The summed E-state index contributed by atoms with van der Waals surface area (Å²) in [5.74, 6) is -0.373. The number of carboxylic acids is 1. The Morgan fingerprint density at radius 3 is 2.57 bits per heavy atom. The SMILES string of the molecule is Cc1cc(S(=O)(=O)Nc2ccccc2CN[C@@H](C)CC2CCCC2)n(C)c1C(=O)O. The van der Waals surface area contributed by atoms with Crippen molar-refractivity contribution in [2.24, 2.45) is 13.0 Å². The van der Waals surface area contributed by atoms with Gasteiger partial charge in [-0.2, -0.15) is 8.42 Å². The monoisotopic (exact) mass is 433 g/mol. The predicted molar refractivity (Wildman–Crippen MR) is 117 cm³/mol. The van der Waals surface area contributed by atoms with E-state index in [1.165, 1.54) is 43.4 Å². The van der Waals surface area contributed by atoms with Crippen LogP contribution in [-0.4, -0.2) is 30.1 Å². The summed E-state index contributed by atoms with van der Waals surface area (Å²) in [7, 11) is -2.49. The van der Waals surface area contributed by atoms with Gasteiger partial charge in [0.1, 0.15) is 5.69 Å². The van der Waals surface area contributed by atoms with E-state index in [0.29, 0.717) is 23.8 Å². The highest BCUT2D eigenvalue weighted by Gasteiger charge is 2.25. The van der Waals surface area contributed by atoms with Gasteiger partial charge in [0.25, 0.3) is 10.0 Å². The van der Waals surface area contributed by atoms with Gasteiger partial charge in [-0.3, -0.25) is 4.72 Å². The molecule has 0 amide bonds. The van der Waals surface area contributed by atoms with Gasteiger partial charge in [0, 0.05) is 19.6 Å². The van der Waals surface area contributed by atoms with E-state index in [9.17, 15) is 18.3 Å². The highest BCUT2D eigenvalue weighted by atomic mass is 32.2. The zero-order chi connectivity index (χ0) is 21.9. The Balaban J connectivity index is 1.74. The number of benzene rings is 1. The molecule has 0 spiro atoms. The quantitative estimate of drug-likeness (QED) is 0.557. The third-order valence-corrected chi connectivity index (χ3v) is 7.35. The Kier molecular flexibility index (Phi) is 6.88. The highest BCUT2D eigenvalue weighted by molar-refractivity contribution is 7.92. The summed E-state index contributed by atoms with van der Waals surface area (Å²) < 4.78 is 29.8. The number of para-hydroxylation sites is 1. The highest BCUT2D eigenvalue weighted by Crippen LogP contribution is 2.29. The first-order valence-corrected chi connectivity index (χ1v) is 11.9. The lowest BCUT2D eigenvalue weighted by Gasteiger charge is -2.19. The number of aryl methyl sites for hydroxylation is 1. The number of nitrogens with zero attached hydrogens (tertiary/aromatic N) is 1. The number of hydrogen-bond acceptors (Lipinski definition) is 4. The van der Waals surface area contributed by atoms with Crippen LogP contribution in [0, 0.1) is 12.8 Å². The smallest absolute Gasteiger partial charge is 0.352 e. The van der Waals surface area contributed by atoms with Crippen molar-refractivity contribution < 1.29 is 18.3 Å². The van der Waals surface area contributed by atoms with E-state index >= 15 is 0 Å². The van der Waals surface area contributed by atoms with Gasteiger partial charge in [0.05, 0.1) is 5.69 Å². The Hall–Kier alpha value is -2.32. The summed E-state index contributed by atoms with van der Waals surface area (Å²) in [5, 5.41) is 12.8. The number of hydrogen-bond donors (Lipinski definition) is 3. The lowest BCUT2D eigenvalue weighted by molar-refractivity contribution is 0.0685. The number of aromatic carboxylic acids is 1. The van der Waals surface area contributed by atoms with Gasteiger partial charge in [-0.25, -0.2) is 4.79 Å². The van der Waals surface area contributed by atoms with E-state index in [-0.39, 0.29) is 10.7 Å². The Labute approximate surface area is 178 Å². The number of sulfonamides is 1. The number of carbonyl (C=O) groups is 1.